The van der Waals surface area contributed by atoms with Gasteiger partial charge in [-0.3, -0.25) is 9.20 Å². The fourth-order valence-corrected chi connectivity index (χ4v) is 3.74. The number of amides is 1. The summed E-state index contributed by atoms with van der Waals surface area (Å²) in [7, 11) is 2.15. The van der Waals surface area contributed by atoms with Crippen LogP contribution in [-0.2, 0) is 0 Å². The molecule has 0 radical (unpaired) electrons. The quantitative estimate of drug-likeness (QED) is 0.795. The standard InChI is InChI=1S/C17H19N5OS/c1-20-8-10-21(11-9-20)14-4-2-13(3-5-14)19-16(23)15-12-24-17-18-6-7-22(15)17/h2-7,12H,8-11H2,1H3,(H,19,23). The summed E-state index contributed by atoms with van der Waals surface area (Å²) in [5.41, 5.74) is 2.61. The highest BCUT2D eigenvalue weighted by Gasteiger charge is 2.15. The molecular formula is C17H19N5OS. The molecule has 1 aliphatic rings. The number of carbonyl (C=O) groups is 1. The van der Waals surface area contributed by atoms with E-state index in [1.54, 1.807) is 16.8 Å². The Morgan fingerprint density at radius 1 is 1.17 bits per heavy atom. The van der Waals surface area contributed by atoms with Crippen molar-refractivity contribution in [1.82, 2.24) is 14.3 Å². The highest BCUT2D eigenvalue weighted by atomic mass is 32.1. The molecule has 1 fully saturated rings. The van der Waals surface area contributed by atoms with E-state index in [4.69, 9.17) is 0 Å². The molecule has 3 aromatic rings. The summed E-state index contributed by atoms with van der Waals surface area (Å²) < 4.78 is 1.80. The zero-order valence-electron chi connectivity index (χ0n) is 13.5. The number of likely N-dealkylation sites (N-methyl/N-ethyl adjacent to an activating group) is 1. The molecule has 2 aromatic heterocycles. The maximum atomic E-state index is 12.4. The average molecular weight is 341 g/mol. The number of thiazole rings is 1. The third kappa shape index (κ3) is 2.88. The van der Waals surface area contributed by atoms with Crippen molar-refractivity contribution >= 4 is 33.6 Å². The van der Waals surface area contributed by atoms with Gasteiger partial charge in [-0.05, 0) is 31.3 Å². The second kappa shape index (κ2) is 6.26. The minimum atomic E-state index is -0.119. The van der Waals surface area contributed by atoms with Crippen LogP contribution in [-0.4, -0.2) is 53.4 Å². The third-order valence-corrected chi connectivity index (χ3v) is 5.22. The van der Waals surface area contributed by atoms with Gasteiger partial charge in [0.15, 0.2) is 4.96 Å². The van der Waals surface area contributed by atoms with Crippen molar-refractivity contribution in [3.8, 4) is 0 Å². The summed E-state index contributed by atoms with van der Waals surface area (Å²) in [5, 5.41) is 4.79. The van der Waals surface area contributed by atoms with Crippen molar-refractivity contribution < 1.29 is 4.79 Å². The van der Waals surface area contributed by atoms with Gasteiger partial charge < -0.3 is 15.1 Å². The number of hydrogen-bond donors (Lipinski definition) is 1. The number of benzene rings is 1. The topological polar surface area (TPSA) is 52.9 Å². The van der Waals surface area contributed by atoms with Crippen LogP contribution in [0.25, 0.3) is 4.96 Å². The van der Waals surface area contributed by atoms with E-state index < -0.39 is 0 Å². The van der Waals surface area contributed by atoms with E-state index in [0.717, 1.165) is 36.8 Å². The Bertz CT molecular complexity index is 845. The Morgan fingerprint density at radius 2 is 1.92 bits per heavy atom. The molecule has 3 heterocycles. The van der Waals surface area contributed by atoms with E-state index in [9.17, 15) is 4.79 Å². The van der Waals surface area contributed by atoms with Gasteiger partial charge in [-0.15, -0.1) is 11.3 Å². The number of nitrogens with one attached hydrogen (secondary N) is 1. The van der Waals surface area contributed by atoms with Crippen LogP contribution in [0.5, 0.6) is 0 Å². The van der Waals surface area contributed by atoms with Gasteiger partial charge in [-0.1, -0.05) is 0 Å². The Morgan fingerprint density at radius 3 is 2.67 bits per heavy atom. The van der Waals surface area contributed by atoms with Crippen LogP contribution in [0.15, 0.2) is 42.0 Å². The number of aromatic nitrogens is 2. The molecule has 0 bridgehead atoms. The largest absolute Gasteiger partial charge is 0.369 e. The molecule has 24 heavy (non-hydrogen) atoms. The molecule has 1 N–H and O–H groups in total. The lowest BCUT2D eigenvalue weighted by Crippen LogP contribution is -2.44. The maximum absolute atomic E-state index is 12.4. The molecule has 1 aromatic carbocycles. The zero-order chi connectivity index (χ0) is 16.5. The van der Waals surface area contributed by atoms with E-state index >= 15 is 0 Å². The predicted molar refractivity (Wildman–Crippen MR) is 97.2 cm³/mol. The SMILES string of the molecule is CN1CCN(c2ccc(NC(=O)c3csc4nccn34)cc2)CC1. The number of carbonyl (C=O) groups excluding carboxylic acids is 1. The minimum absolute atomic E-state index is 0.119. The van der Waals surface area contributed by atoms with Crippen LogP contribution in [0.1, 0.15) is 10.5 Å². The second-order valence-corrected chi connectivity index (χ2v) is 6.83. The van der Waals surface area contributed by atoms with Crippen molar-refractivity contribution in [2.24, 2.45) is 0 Å². The first-order chi connectivity index (χ1) is 11.7. The molecule has 124 valence electrons. The molecule has 0 saturated carbocycles. The summed E-state index contributed by atoms with van der Waals surface area (Å²) in [6, 6.07) is 8.06. The van der Waals surface area contributed by atoms with Gasteiger partial charge in [0.2, 0.25) is 0 Å². The first-order valence-electron chi connectivity index (χ1n) is 7.96. The molecule has 0 aliphatic carbocycles. The lowest BCUT2D eigenvalue weighted by atomic mass is 10.2. The number of nitrogens with zero attached hydrogens (tertiary/aromatic N) is 4. The fourth-order valence-electron chi connectivity index (χ4n) is 2.90. The van der Waals surface area contributed by atoms with Crippen LogP contribution in [0, 0.1) is 0 Å². The maximum Gasteiger partial charge on any atom is 0.273 e. The van der Waals surface area contributed by atoms with Crippen LogP contribution in [0.2, 0.25) is 0 Å². The molecule has 0 unspecified atom stereocenters. The van der Waals surface area contributed by atoms with Crippen LogP contribution >= 0.6 is 11.3 Å². The molecule has 4 rings (SSSR count). The van der Waals surface area contributed by atoms with E-state index in [2.05, 4.69) is 39.3 Å². The van der Waals surface area contributed by atoms with Crippen molar-refractivity contribution in [3.05, 3.63) is 47.7 Å². The lowest BCUT2D eigenvalue weighted by molar-refractivity contribution is 0.102. The third-order valence-electron chi connectivity index (χ3n) is 4.37. The second-order valence-electron chi connectivity index (χ2n) is 5.99. The fraction of sp³-hybridized carbons (Fsp3) is 0.294. The highest BCUT2D eigenvalue weighted by molar-refractivity contribution is 7.15. The summed E-state index contributed by atoms with van der Waals surface area (Å²) in [6.07, 6.45) is 3.50. The van der Waals surface area contributed by atoms with Gasteiger partial charge in [0.1, 0.15) is 5.69 Å². The Labute approximate surface area is 144 Å². The van der Waals surface area contributed by atoms with Gasteiger partial charge in [0, 0.05) is 55.3 Å². The summed E-state index contributed by atoms with van der Waals surface area (Å²) in [5.74, 6) is -0.119. The van der Waals surface area contributed by atoms with Gasteiger partial charge >= 0.3 is 0 Å². The van der Waals surface area contributed by atoms with Crippen molar-refractivity contribution in [1.29, 1.82) is 0 Å². The zero-order valence-corrected chi connectivity index (χ0v) is 14.3. The molecular weight excluding hydrogens is 322 g/mol. The highest BCUT2D eigenvalue weighted by Crippen LogP contribution is 2.21. The number of anilines is 2. The summed E-state index contributed by atoms with van der Waals surface area (Å²) >= 11 is 1.46. The molecule has 6 nitrogen and oxygen atoms in total. The molecule has 1 amide bonds. The van der Waals surface area contributed by atoms with Gasteiger partial charge in [-0.25, -0.2) is 4.98 Å². The van der Waals surface area contributed by atoms with Crippen molar-refractivity contribution in [3.63, 3.8) is 0 Å². The molecule has 0 atom stereocenters. The monoisotopic (exact) mass is 341 g/mol. The van der Waals surface area contributed by atoms with Crippen LogP contribution < -0.4 is 10.2 Å². The van der Waals surface area contributed by atoms with Gasteiger partial charge in [0.25, 0.3) is 5.91 Å². The lowest BCUT2D eigenvalue weighted by Gasteiger charge is -2.34. The Hall–Kier alpha value is -2.38. The number of fused-ring (bicyclic) bond motifs is 1. The average Bonchev–Trinajstić information content (AvgIpc) is 3.19. The minimum Gasteiger partial charge on any atom is -0.369 e. The summed E-state index contributed by atoms with van der Waals surface area (Å²) in [6.45, 7) is 4.24. The molecule has 7 heteroatoms. The van der Waals surface area contributed by atoms with E-state index in [0.29, 0.717) is 5.69 Å². The van der Waals surface area contributed by atoms with E-state index in [1.807, 2.05) is 17.5 Å². The number of rotatable bonds is 3. The van der Waals surface area contributed by atoms with Crippen molar-refractivity contribution in [2.75, 3.05) is 43.4 Å². The first kappa shape index (κ1) is 15.2. The number of imidazole rings is 1. The molecule has 0 spiro atoms. The van der Waals surface area contributed by atoms with Gasteiger partial charge in [0.05, 0.1) is 0 Å². The Balaban J connectivity index is 1.45. The molecule has 1 aliphatic heterocycles. The van der Waals surface area contributed by atoms with Crippen LogP contribution in [0.3, 0.4) is 0 Å². The normalized spacial score (nSPS) is 15.8. The first-order valence-corrected chi connectivity index (χ1v) is 8.84. The Kier molecular flexibility index (Phi) is 3.95. The van der Waals surface area contributed by atoms with Gasteiger partial charge in [-0.2, -0.15) is 0 Å². The van der Waals surface area contributed by atoms with E-state index in [1.165, 1.54) is 17.0 Å². The smallest absolute Gasteiger partial charge is 0.273 e. The van der Waals surface area contributed by atoms with Crippen LogP contribution in [0.4, 0.5) is 11.4 Å². The van der Waals surface area contributed by atoms with E-state index in [-0.39, 0.29) is 5.91 Å². The number of hydrogen-bond acceptors (Lipinski definition) is 5. The summed E-state index contributed by atoms with van der Waals surface area (Å²) in [4.78, 5) is 22.2. The molecule has 1 saturated heterocycles. The predicted octanol–water partition coefficient (Wildman–Crippen LogP) is 2.40. The van der Waals surface area contributed by atoms with Crippen molar-refractivity contribution in [2.45, 2.75) is 0 Å². The number of piperazine rings is 1.